The van der Waals surface area contributed by atoms with Crippen molar-refractivity contribution in [3.63, 3.8) is 0 Å². The third-order valence-electron chi connectivity index (χ3n) is 4.15. The van der Waals surface area contributed by atoms with E-state index in [1.54, 1.807) is 12.1 Å². The Hall–Kier alpha value is -1.62. The minimum absolute atomic E-state index is 0.0646. The van der Waals surface area contributed by atoms with Crippen LogP contribution in [0.5, 0.6) is 0 Å². The highest BCUT2D eigenvalue weighted by atomic mass is 16.1. The van der Waals surface area contributed by atoms with Gasteiger partial charge in [0.15, 0.2) is 0 Å². The number of hydrogen-bond acceptors (Lipinski definition) is 4. The molecule has 1 fully saturated rings. The molecule has 1 aliphatic carbocycles. The molecule has 0 aliphatic heterocycles. The van der Waals surface area contributed by atoms with Crippen molar-refractivity contribution in [1.82, 2.24) is 10.3 Å². The summed E-state index contributed by atoms with van der Waals surface area (Å²) in [6.45, 7) is 3.07. The van der Waals surface area contributed by atoms with E-state index in [9.17, 15) is 4.79 Å². The van der Waals surface area contributed by atoms with Crippen LogP contribution in [-0.2, 0) is 0 Å². The lowest BCUT2D eigenvalue weighted by molar-refractivity contribution is 0.0949. The summed E-state index contributed by atoms with van der Waals surface area (Å²) >= 11 is 0. The van der Waals surface area contributed by atoms with Crippen LogP contribution in [0.1, 0.15) is 49.4 Å². The van der Waals surface area contributed by atoms with E-state index in [1.165, 1.54) is 31.9 Å². The molecule has 1 heterocycles. The maximum Gasteiger partial charge on any atom is 0.252 e. The summed E-state index contributed by atoms with van der Waals surface area (Å²) in [4.78, 5) is 16.0. The van der Waals surface area contributed by atoms with Gasteiger partial charge >= 0.3 is 0 Å². The third kappa shape index (κ3) is 4.20. The van der Waals surface area contributed by atoms with Crippen LogP contribution in [0.25, 0.3) is 0 Å². The summed E-state index contributed by atoms with van der Waals surface area (Å²) in [5.74, 6) is 7.37. The van der Waals surface area contributed by atoms with Gasteiger partial charge in [0.05, 0.1) is 5.56 Å². The van der Waals surface area contributed by atoms with Crippen molar-refractivity contribution >= 4 is 11.7 Å². The lowest BCUT2D eigenvalue weighted by Gasteiger charge is -2.26. The molecule has 110 valence electrons. The number of anilines is 1. The fourth-order valence-electron chi connectivity index (χ4n) is 2.72. The number of rotatable bonds is 5. The molecular weight excluding hydrogens is 252 g/mol. The molecule has 0 aromatic carbocycles. The van der Waals surface area contributed by atoms with Crippen molar-refractivity contribution in [2.45, 2.75) is 39.0 Å². The van der Waals surface area contributed by atoms with Crippen LogP contribution in [-0.4, -0.2) is 17.4 Å². The number of carbonyl (C=O) groups excluding carboxylic acids is 1. The zero-order valence-electron chi connectivity index (χ0n) is 12.1. The molecule has 1 saturated carbocycles. The number of nitrogens with zero attached hydrogens (tertiary/aromatic N) is 1. The second-order valence-electron chi connectivity index (χ2n) is 5.75. The standard InChI is InChI=1S/C15H24N4O/c1-11-2-4-12(5-3-11)8-9-17-15(20)13-6-7-14(19-16)18-10-13/h6-7,10-12H,2-5,8-9,16H2,1H3,(H,17,20)(H,18,19). The summed E-state index contributed by atoms with van der Waals surface area (Å²) in [7, 11) is 0. The molecule has 1 aromatic heterocycles. The Morgan fingerprint density at radius 3 is 2.70 bits per heavy atom. The van der Waals surface area contributed by atoms with Gasteiger partial charge < -0.3 is 10.7 Å². The predicted octanol–water partition coefficient (Wildman–Crippen LogP) is 2.31. The molecule has 0 bridgehead atoms. The Kier molecular flexibility index (Phi) is 5.35. The summed E-state index contributed by atoms with van der Waals surface area (Å²) < 4.78 is 0. The van der Waals surface area contributed by atoms with Gasteiger partial charge in [0.1, 0.15) is 5.82 Å². The van der Waals surface area contributed by atoms with Crippen LogP contribution >= 0.6 is 0 Å². The van der Waals surface area contributed by atoms with Crippen molar-refractivity contribution in [1.29, 1.82) is 0 Å². The second-order valence-corrected chi connectivity index (χ2v) is 5.75. The number of pyridine rings is 1. The lowest BCUT2D eigenvalue weighted by atomic mass is 9.81. The van der Waals surface area contributed by atoms with Crippen LogP contribution in [0, 0.1) is 11.8 Å². The Morgan fingerprint density at radius 2 is 2.10 bits per heavy atom. The summed E-state index contributed by atoms with van der Waals surface area (Å²) in [5, 5.41) is 2.96. The summed E-state index contributed by atoms with van der Waals surface area (Å²) in [5.41, 5.74) is 3.01. The van der Waals surface area contributed by atoms with E-state index < -0.39 is 0 Å². The van der Waals surface area contributed by atoms with Gasteiger partial charge in [0.2, 0.25) is 0 Å². The van der Waals surface area contributed by atoms with Gasteiger partial charge in [-0.3, -0.25) is 4.79 Å². The quantitative estimate of drug-likeness (QED) is 0.569. The molecule has 5 heteroatoms. The minimum atomic E-state index is -0.0646. The molecule has 2 rings (SSSR count). The molecule has 0 atom stereocenters. The van der Waals surface area contributed by atoms with Crippen molar-refractivity contribution in [3.8, 4) is 0 Å². The van der Waals surface area contributed by atoms with E-state index in [-0.39, 0.29) is 5.91 Å². The number of nitrogens with one attached hydrogen (secondary N) is 2. The minimum Gasteiger partial charge on any atom is -0.352 e. The maximum atomic E-state index is 11.9. The molecule has 1 aliphatic rings. The highest BCUT2D eigenvalue weighted by Gasteiger charge is 2.18. The zero-order valence-corrected chi connectivity index (χ0v) is 12.1. The average Bonchev–Trinajstić information content (AvgIpc) is 2.49. The van der Waals surface area contributed by atoms with Crippen molar-refractivity contribution in [2.75, 3.05) is 12.0 Å². The van der Waals surface area contributed by atoms with Gasteiger partial charge in [-0.25, -0.2) is 10.8 Å². The fraction of sp³-hybridized carbons (Fsp3) is 0.600. The summed E-state index contributed by atoms with van der Waals surface area (Å²) in [6.07, 6.45) is 7.87. The van der Waals surface area contributed by atoms with Crippen LogP contribution in [0.3, 0.4) is 0 Å². The van der Waals surface area contributed by atoms with Gasteiger partial charge in [0, 0.05) is 12.7 Å². The van der Waals surface area contributed by atoms with Gasteiger partial charge in [0.25, 0.3) is 5.91 Å². The highest BCUT2D eigenvalue weighted by molar-refractivity contribution is 5.93. The van der Waals surface area contributed by atoms with E-state index in [2.05, 4.69) is 22.7 Å². The SMILES string of the molecule is CC1CCC(CCNC(=O)c2ccc(NN)nc2)CC1. The molecule has 1 aromatic rings. The normalized spacial score (nSPS) is 22.3. The molecule has 1 amide bonds. The second kappa shape index (κ2) is 7.24. The van der Waals surface area contributed by atoms with Crippen LogP contribution in [0.2, 0.25) is 0 Å². The number of nitrogens with two attached hydrogens (primary N) is 1. The van der Waals surface area contributed by atoms with Crippen molar-refractivity contribution in [2.24, 2.45) is 17.7 Å². The smallest absolute Gasteiger partial charge is 0.252 e. The first-order valence-electron chi connectivity index (χ1n) is 7.40. The molecule has 4 N–H and O–H groups in total. The van der Waals surface area contributed by atoms with Crippen LogP contribution in [0.4, 0.5) is 5.82 Å². The fourth-order valence-corrected chi connectivity index (χ4v) is 2.72. The predicted molar refractivity (Wildman–Crippen MR) is 80.1 cm³/mol. The first-order valence-corrected chi connectivity index (χ1v) is 7.40. The van der Waals surface area contributed by atoms with Crippen LogP contribution < -0.4 is 16.6 Å². The van der Waals surface area contributed by atoms with Gasteiger partial charge in [-0.05, 0) is 30.4 Å². The maximum absolute atomic E-state index is 11.9. The number of amides is 1. The van der Waals surface area contributed by atoms with Crippen molar-refractivity contribution in [3.05, 3.63) is 23.9 Å². The van der Waals surface area contributed by atoms with E-state index in [4.69, 9.17) is 5.84 Å². The monoisotopic (exact) mass is 276 g/mol. The van der Waals surface area contributed by atoms with E-state index in [1.807, 2.05) is 0 Å². The molecule has 20 heavy (non-hydrogen) atoms. The molecule has 0 radical (unpaired) electrons. The first kappa shape index (κ1) is 14.8. The van der Waals surface area contributed by atoms with E-state index >= 15 is 0 Å². The van der Waals surface area contributed by atoms with Crippen molar-refractivity contribution < 1.29 is 4.79 Å². The van der Waals surface area contributed by atoms with Crippen LogP contribution in [0.15, 0.2) is 18.3 Å². The Labute approximate surface area is 120 Å². The number of aromatic nitrogens is 1. The molecule has 5 nitrogen and oxygen atoms in total. The molecule has 0 unspecified atom stereocenters. The Balaban J connectivity index is 1.71. The lowest BCUT2D eigenvalue weighted by Crippen LogP contribution is -2.27. The zero-order chi connectivity index (χ0) is 14.4. The Morgan fingerprint density at radius 1 is 1.35 bits per heavy atom. The Bertz CT molecular complexity index is 424. The van der Waals surface area contributed by atoms with Gasteiger partial charge in [-0.1, -0.05) is 32.6 Å². The number of hydrazine groups is 1. The van der Waals surface area contributed by atoms with Gasteiger partial charge in [-0.2, -0.15) is 0 Å². The topological polar surface area (TPSA) is 80.0 Å². The highest BCUT2D eigenvalue weighted by Crippen LogP contribution is 2.29. The largest absolute Gasteiger partial charge is 0.352 e. The van der Waals surface area contributed by atoms with E-state index in [0.717, 1.165) is 24.8 Å². The third-order valence-corrected chi connectivity index (χ3v) is 4.15. The first-order chi connectivity index (χ1) is 9.69. The number of hydrogen-bond donors (Lipinski definition) is 3. The number of carbonyl (C=O) groups is 1. The summed E-state index contributed by atoms with van der Waals surface area (Å²) in [6, 6.07) is 3.41. The molecule has 0 spiro atoms. The molecular formula is C15H24N4O. The van der Waals surface area contributed by atoms with Gasteiger partial charge in [-0.15, -0.1) is 0 Å². The van der Waals surface area contributed by atoms with E-state index in [0.29, 0.717) is 11.4 Å². The average molecular weight is 276 g/mol. The number of nitrogen functional groups attached to an aromatic ring is 1. The molecule has 0 saturated heterocycles.